The van der Waals surface area contributed by atoms with Crippen molar-refractivity contribution in [1.29, 1.82) is 0 Å². The summed E-state index contributed by atoms with van der Waals surface area (Å²) in [5, 5.41) is 8.96. The van der Waals surface area contributed by atoms with Gasteiger partial charge in [-0.1, -0.05) is 48.5 Å². The Labute approximate surface area is 187 Å². The maximum absolute atomic E-state index is 13.1. The Balaban J connectivity index is 1.86. The van der Waals surface area contributed by atoms with Gasteiger partial charge in [0.15, 0.2) is 0 Å². The lowest BCUT2D eigenvalue weighted by molar-refractivity contribution is -0.110. The Bertz CT molecular complexity index is 1220. The fraction of sp³-hybridized carbons (Fsp3) is 0.154. The Morgan fingerprint density at radius 1 is 0.938 bits per heavy atom. The molecule has 0 spiro atoms. The highest BCUT2D eigenvalue weighted by atomic mass is 16.2. The highest BCUT2D eigenvalue weighted by Gasteiger charge is 2.29. The standard InChI is InChI=1S/C26H26N4O2/c1-26(2,27)18-10-7-11-19(15-18)29-23(16-8-5-4-6-9-16)22-20-13-12-17(24(31)28-3)14-21(20)30-25(22)32/h4-15,29H,27H2,1-3H3,(H,28,31)(H,30,32)/b23-22-. The molecule has 6 nitrogen and oxygen atoms in total. The number of hydrogen-bond acceptors (Lipinski definition) is 4. The highest BCUT2D eigenvalue weighted by molar-refractivity contribution is 6.37. The van der Waals surface area contributed by atoms with Crippen LogP contribution >= 0.6 is 0 Å². The Hall–Kier alpha value is -3.90. The molecule has 0 aromatic heterocycles. The van der Waals surface area contributed by atoms with E-state index in [0.717, 1.165) is 22.4 Å². The summed E-state index contributed by atoms with van der Waals surface area (Å²) in [6.45, 7) is 3.90. The largest absolute Gasteiger partial charge is 0.355 e. The van der Waals surface area contributed by atoms with Gasteiger partial charge in [0.2, 0.25) is 0 Å². The second-order valence-electron chi connectivity index (χ2n) is 8.34. The summed E-state index contributed by atoms with van der Waals surface area (Å²) in [5.74, 6) is -0.433. The number of fused-ring (bicyclic) bond motifs is 1. The van der Waals surface area contributed by atoms with Crippen LogP contribution in [0.15, 0.2) is 72.8 Å². The SMILES string of the molecule is CNC(=O)c1ccc2c(c1)NC(=O)/C2=C(\Nc1cccc(C(C)(C)N)c1)c1ccccc1. The zero-order valence-corrected chi connectivity index (χ0v) is 18.3. The topological polar surface area (TPSA) is 96.2 Å². The first-order valence-electron chi connectivity index (χ1n) is 10.4. The molecule has 0 saturated heterocycles. The van der Waals surface area contributed by atoms with Crippen LogP contribution < -0.4 is 21.7 Å². The van der Waals surface area contributed by atoms with Gasteiger partial charge in [-0.2, -0.15) is 0 Å². The summed E-state index contributed by atoms with van der Waals surface area (Å²) in [4.78, 5) is 25.1. The quantitative estimate of drug-likeness (QED) is 0.461. The number of benzene rings is 3. The summed E-state index contributed by atoms with van der Waals surface area (Å²) in [6.07, 6.45) is 0. The van der Waals surface area contributed by atoms with Crippen molar-refractivity contribution in [2.24, 2.45) is 5.73 Å². The predicted molar refractivity (Wildman–Crippen MR) is 129 cm³/mol. The van der Waals surface area contributed by atoms with Crippen molar-refractivity contribution in [2.45, 2.75) is 19.4 Å². The van der Waals surface area contributed by atoms with Crippen molar-refractivity contribution in [3.8, 4) is 0 Å². The van der Waals surface area contributed by atoms with Crippen LogP contribution in [0.3, 0.4) is 0 Å². The van der Waals surface area contributed by atoms with E-state index in [4.69, 9.17) is 5.73 Å². The minimum Gasteiger partial charge on any atom is -0.355 e. The minimum absolute atomic E-state index is 0.206. The average molecular weight is 427 g/mol. The van der Waals surface area contributed by atoms with Crippen LogP contribution in [0.25, 0.3) is 11.3 Å². The molecule has 2 amide bonds. The van der Waals surface area contributed by atoms with E-state index in [-0.39, 0.29) is 11.8 Å². The number of nitrogens with one attached hydrogen (secondary N) is 3. The molecule has 0 saturated carbocycles. The van der Waals surface area contributed by atoms with Crippen LogP contribution in [0.1, 0.15) is 40.9 Å². The normalized spacial score (nSPS) is 14.4. The van der Waals surface area contributed by atoms with Gasteiger partial charge in [-0.15, -0.1) is 0 Å². The van der Waals surface area contributed by atoms with E-state index < -0.39 is 5.54 Å². The smallest absolute Gasteiger partial charge is 0.258 e. The lowest BCUT2D eigenvalue weighted by atomic mass is 9.95. The molecule has 1 heterocycles. The second kappa shape index (κ2) is 8.32. The highest BCUT2D eigenvalue weighted by Crippen LogP contribution is 2.38. The maximum atomic E-state index is 13.1. The third-order valence-electron chi connectivity index (χ3n) is 5.44. The summed E-state index contributed by atoms with van der Waals surface area (Å²) in [6, 6.07) is 22.8. The van der Waals surface area contributed by atoms with Gasteiger partial charge >= 0.3 is 0 Å². The number of carbonyl (C=O) groups is 2. The molecular formula is C26H26N4O2. The van der Waals surface area contributed by atoms with Crippen LogP contribution in [-0.2, 0) is 10.3 Å². The molecule has 3 aromatic rings. The molecule has 162 valence electrons. The molecule has 3 aromatic carbocycles. The molecule has 0 atom stereocenters. The van der Waals surface area contributed by atoms with E-state index in [1.54, 1.807) is 25.2 Å². The van der Waals surface area contributed by atoms with Gasteiger partial charge in [-0.3, -0.25) is 9.59 Å². The van der Waals surface area contributed by atoms with Gasteiger partial charge in [0.1, 0.15) is 0 Å². The molecule has 4 rings (SSSR count). The van der Waals surface area contributed by atoms with E-state index in [2.05, 4.69) is 16.0 Å². The van der Waals surface area contributed by atoms with E-state index in [0.29, 0.717) is 22.5 Å². The molecule has 0 bridgehead atoms. The lowest BCUT2D eigenvalue weighted by Crippen LogP contribution is -2.28. The van der Waals surface area contributed by atoms with Gasteiger partial charge in [0.05, 0.1) is 11.3 Å². The number of anilines is 2. The molecule has 6 heteroatoms. The first kappa shape index (κ1) is 21.3. The molecule has 5 N–H and O–H groups in total. The van der Waals surface area contributed by atoms with E-state index in [1.165, 1.54) is 0 Å². The molecule has 1 aliphatic rings. The number of carbonyl (C=O) groups excluding carboxylic acids is 2. The zero-order valence-electron chi connectivity index (χ0n) is 18.3. The molecule has 0 aliphatic carbocycles. The molecule has 0 unspecified atom stereocenters. The third-order valence-corrected chi connectivity index (χ3v) is 5.44. The van der Waals surface area contributed by atoms with Crippen LogP contribution in [0.4, 0.5) is 11.4 Å². The fourth-order valence-corrected chi connectivity index (χ4v) is 3.73. The lowest BCUT2D eigenvalue weighted by Gasteiger charge is -2.21. The number of hydrogen-bond donors (Lipinski definition) is 4. The van der Waals surface area contributed by atoms with Crippen molar-refractivity contribution >= 4 is 34.5 Å². The molecule has 0 fully saturated rings. The third kappa shape index (κ3) is 4.13. The van der Waals surface area contributed by atoms with Crippen molar-refractivity contribution in [3.63, 3.8) is 0 Å². The zero-order chi connectivity index (χ0) is 22.9. The molecular weight excluding hydrogens is 400 g/mol. The Morgan fingerprint density at radius 3 is 2.38 bits per heavy atom. The summed E-state index contributed by atoms with van der Waals surface area (Å²) in [5.41, 5.74) is 11.5. The summed E-state index contributed by atoms with van der Waals surface area (Å²) >= 11 is 0. The average Bonchev–Trinajstić information content (AvgIpc) is 3.11. The van der Waals surface area contributed by atoms with Crippen molar-refractivity contribution in [3.05, 3.63) is 95.1 Å². The van der Waals surface area contributed by atoms with Gasteiger partial charge < -0.3 is 21.7 Å². The Morgan fingerprint density at radius 2 is 1.69 bits per heavy atom. The Kier molecular flexibility index (Phi) is 5.55. The van der Waals surface area contributed by atoms with Crippen LogP contribution in [0.5, 0.6) is 0 Å². The van der Waals surface area contributed by atoms with Crippen LogP contribution in [-0.4, -0.2) is 18.9 Å². The minimum atomic E-state index is -0.495. The van der Waals surface area contributed by atoms with Crippen molar-refractivity contribution in [1.82, 2.24) is 5.32 Å². The van der Waals surface area contributed by atoms with Gasteiger partial charge in [0.25, 0.3) is 11.8 Å². The van der Waals surface area contributed by atoms with Crippen molar-refractivity contribution < 1.29 is 9.59 Å². The first-order valence-corrected chi connectivity index (χ1v) is 10.4. The number of rotatable bonds is 5. The molecule has 0 radical (unpaired) electrons. The van der Waals surface area contributed by atoms with E-state index in [9.17, 15) is 9.59 Å². The monoisotopic (exact) mass is 426 g/mol. The van der Waals surface area contributed by atoms with E-state index >= 15 is 0 Å². The fourth-order valence-electron chi connectivity index (χ4n) is 3.73. The van der Waals surface area contributed by atoms with Gasteiger partial charge in [0, 0.05) is 35.1 Å². The van der Waals surface area contributed by atoms with Gasteiger partial charge in [-0.25, -0.2) is 0 Å². The molecule has 1 aliphatic heterocycles. The summed E-state index contributed by atoms with van der Waals surface area (Å²) in [7, 11) is 1.58. The number of amides is 2. The van der Waals surface area contributed by atoms with Crippen LogP contribution in [0.2, 0.25) is 0 Å². The van der Waals surface area contributed by atoms with Crippen molar-refractivity contribution in [2.75, 3.05) is 17.7 Å². The van der Waals surface area contributed by atoms with E-state index in [1.807, 2.05) is 68.4 Å². The second-order valence-corrected chi connectivity index (χ2v) is 8.34. The molecule has 32 heavy (non-hydrogen) atoms. The number of nitrogens with two attached hydrogens (primary N) is 1. The first-order chi connectivity index (χ1) is 15.3. The van der Waals surface area contributed by atoms with Crippen LogP contribution in [0, 0.1) is 0 Å². The maximum Gasteiger partial charge on any atom is 0.258 e. The van der Waals surface area contributed by atoms with Gasteiger partial charge in [-0.05, 0) is 49.2 Å². The predicted octanol–water partition coefficient (Wildman–Crippen LogP) is 4.17. The summed E-state index contributed by atoms with van der Waals surface area (Å²) < 4.78 is 0.